The number of hydrogen-bond donors (Lipinski definition) is 2. The van der Waals surface area contributed by atoms with Crippen LogP contribution in [0.1, 0.15) is 18.0 Å². The molecule has 2 aromatic carbocycles. The number of fused-ring (bicyclic) bond motifs is 2. The van der Waals surface area contributed by atoms with Crippen molar-refractivity contribution in [2.75, 3.05) is 7.11 Å². The number of hydrogen-bond acceptors (Lipinski definition) is 5. The van der Waals surface area contributed by atoms with Crippen LogP contribution in [0.3, 0.4) is 0 Å². The summed E-state index contributed by atoms with van der Waals surface area (Å²) in [5, 5.41) is 1.31. The van der Waals surface area contributed by atoms with Gasteiger partial charge in [0.05, 0.1) is 34.3 Å². The van der Waals surface area contributed by atoms with E-state index in [-0.39, 0.29) is 10.8 Å². The molecule has 126 valence electrons. The Bertz CT molecular complexity index is 1120. The van der Waals surface area contributed by atoms with Crippen LogP contribution in [0.4, 0.5) is 0 Å². The van der Waals surface area contributed by atoms with Crippen LogP contribution in [0, 0.1) is 0 Å². The van der Waals surface area contributed by atoms with Crippen LogP contribution in [0.5, 0.6) is 5.75 Å². The Kier molecular flexibility index (Phi) is 3.93. The fourth-order valence-corrected chi connectivity index (χ4v) is 3.55. The van der Waals surface area contributed by atoms with Gasteiger partial charge in [0.2, 0.25) is 0 Å². The Morgan fingerprint density at radius 3 is 2.76 bits per heavy atom. The Balaban J connectivity index is 1.65. The summed E-state index contributed by atoms with van der Waals surface area (Å²) in [5.41, 5.74) is 2.36. The fraction of sp³-hybridized carbons (Fsp3) is 0.167. The van der Waals surface area contributed by atoms with Crippen molar-refractivity contribution in [1.29, 1.82) is 0 Å². The van der Waals surface area contributed by atoms with Gasteiger partial charge in [-0.05, 0) is 31.2 Å². The van der Waals surface area contributed by atoms with Crippen LogP contribution in [0.25, 0.3) is 21.9 Å². The van der Waals surface area contributed by atoms with Crippen molar-refractivity contribution in [3.05, 3.63) is 58.6 Å². The normalized spacial score (nSPS) is 12.6. The number of ether oxygens (including phenoxy) is 1. The summed E-state index contributed by atoms with van der Waals surface area (Å²) in [7, 11) is 1.64. The molecule has 0 fully saturated rings. The second kappa shape index (κ2) is 6.25. The molecule has 0 aliphatic rings. The summed E-state index contributed by atoms with van der Waals surface area (Å²) in [4.78, 5) is 27.5. The van der Waals surface area contributed by atoms with Crippen LogP contribution < -0.4 is 10.3 Å². The lowest BCUT2D eigenvalue weighted by Gasteiger charge is -2.09. The van der Waals surface area contributed by atoms with Crippen LogP contribution in [0.15, 0.2) is 52.4 Å². The molecule has 1 unspecified atom stereocenters. The van der Waals surface area contributed by atoms with Gasteiger partial charge in [0.15, 0.2) is 5.16 Å². The first kappa shape index (κ1) is 15.7. The van der Waals surface area contributed by atoms with Crippen molar-refractivity contribution in [2.45, 2.75) is 17.3 Å². The molecule has 2 N–H and O–H groups in total. The molecule has 2 heterocycles. The van der Waals surface area contributed by atoms with Crippen molar-refractivity contribution in [3.8, 4) is 5.75 Å². The largest absolute Gasteiger partial charge is 0.497 e. The average molecular weight is 352 g/mol. The monoisotopic (exact) mass is 352 g/mol. The minimum atomic E-state index is -0.123. The quantitative estimate of drug-likeness (QED) is 0.548. The third-order valence-corrected chi connectivity index (χ3v) is 4.97. The van der Waals surface area contributed by atoms with Gasteiger partial charge >= 0.3 is 0 Å². The van der Waals surface area contributed by atoms with Gasteiger partial charge in [0.1, 0.15) is 11.6 Å². The number of imidazole rings is 1. The molecule has 0 amide bonds. The van der Waals surface area contributed by atoms with Crippen LogP contribution in [-0.2, 0) is 0 Å². The molecule has 0 bridgehead atoms. The maximum Gasteiger partial charge on any atom is 0.258 e. The zero-order valence-corrected chi connectivity index (χ0v) is 14.6. The van der Waals surface area contributed by atoms with Crippen LogP contribution in [0.2, 0.25) is 0 Å². The molecule has 0 saturated heterocycles. The van der Waals surface area contributed by atoms with Gasteiger partial charge in [-0.3, -0.25) is 4.79 Å². The van der Waals surface area contributed by atoms with Crippen LogP contribution >= 0.6 is 11.8 Å². The Morgan fingerprint density at radius 1 is 1.08 bits per heavy atom. The van der Waals surface area contributed by atoms with Gasteiger partial charge in [-0.2, -0.15) is 0 Å². The van der Waals surface area contributed by atoms with E-state index in [0.717, 1.165) is 21.9 Å². The SMILES string of the molecule is COc1ccc2nc(SC(C)c3nc4ccccc4c(=O)[nH]3)[nH]c2c1. The summed E-state index contributed by atoms with van der Waals surface area (Å²) in [6, 6.07) is 13.0. The summed E-state index contributed by atoms with van der Waals surface area (Å²) in [5.74, 6) is 1.41. The standard InChI is InChI=1S/C18H16N4O2S/c1-10(16-19-13-6-4-3-5-12(13)17(23)22-16)25-18-20-14-8-7-11(24-2)9-15(14)21-18/h3-10H,1-2H3,(H,20,21)(H,19,22,23). The van der Waals surface area contributed by atoms with Gasteiger partial charge < -0.3 is 14.7 Å². The molecule has 4 aromatic rings. The molecular formula is C18H16N4O2S. The highest BCUT2D eigenvalue weighted by Crippen LogP contribution is 2.33. The lowest BCUT2D eigenvalue weighted by molar-refractivity contribution is 0.415. The molecule has 7 heteroatoms. The third kappa shape index (κ3) is 2.98. The Hall–Kier alpha value is -2.80. The van der Waals surface area contributed by atoms with Gasteiger partial charge in [-0.25, -0.2) is 9.97 Å². The molecule has 25 heavy (non-hydrogen) atoms. The zero-order chi connectivity index (χ0) is 17.4. The predicted molar refractivity (Wildman–Crippen MR) is 99.3 cm³/mol. The molecule has 0 radical (unpaired) electrons. The van der Waals surface area contributed by atoms with E-state index >= 15 is 0 Å². The summed E-state index contributed by atoms with van der Waals surface area (Å²) >= 11 is 1.51. The van der Waals surface area contributed by atoms with Crippen LogP contribution in [-0.4, -0.2) is 27.0 Å². The Morgan fingerprint density at radius 2 is 1.92 bits per heavy atom. The zero-order valence-electron chi connectivity index (χ0n) is 13.7. The first-order valence-corrected chi connectivity index (χ1v) is 8.71. The molecule has 2 aromatic heterocycles. The summed E-state index contributed by atoms with van der Waals surface area (Å²) in [6.07, 6.45) is 0. The molecule has 6 nitrogen and oxygen atoms in total. The minimum absolute atomic E-state index is 0.0558. The van der Waals surface area contributed by atoms with Crippen molar-refractivity contribution in [2.24, 2.45) is 0 Å². The summed E-state index contributed by atoms with van der Waals surface area (Å²) < 4.78 is 5.23. The second-order valence-electron chi connectivity index (χ2n) is 5.65. The molecule has 1 atom stereocenters. The third-order valence-electron chi connectivity index (χ3n) is 3.97. The minimum Gasteiger partial charge on any atom is -0.497 e. The van der Waals surface area contributed by atoms with Gasteiger partial charge in [0, 0.05) is 6.07 Å². The van der Waals surface area contributed by atoms with E-state index in [4.69, 9.17) is 4.74 Å². The predicted octanol–water partition coefficient (Wildman–Crippen LogP) is 3.66. The van der Waals surface area contributed by atoms with Gasteiger partial charge in [0.25, 0.3) is 5.56 Å². The first-order chi connectivity index (χ1) is 12.1. The van der Waals surface area contributed by atoms with E-state index in [0.29, 0.717) is 16.7 Å². The van der Waals surface area contributed by atoms with Gasteiger partial charge in [-0.15, -0.1) is 0 Å². The molecule has 4 rings (SSSR count). The van der Waals surface area contributed by atoms with Gasteiger partial charge in [-0.1, -0.05) is 23.9 Å². The van der Waals surface area contributed by atoms with E-state index in [9.17, 15) is 4.79 Å². The number of nitrogens with zero attached hydrogens (tertiary/aromatic N) is 2. The molecule has 0 spiro atoms. The highest BCUT2D eigenvalue weighted by atomic mass is 32.2. The molecule has 0 aliphatic carbocycles. The molecular weight excluding hydrogens is 336 g/mol. The maximum absolute atomic E-state index is 12.2. The fourth-order valence-electron chi connectivity index (χ4n) is 2.67. The second-order valence-corrected chi connectivity index (χ2v) is 6.98. The number of aromatic amines is 2. The lowest BCUT2D eigenvalue weighted by Crippen LogP contribution is -2.12. The number of benzene rings is 2. The number of aromatic nitrogens is 4. The molecule has 0 saturated carbocycles. The van der Waals surface area contributed by atoms with E-state index in [2.05, 4.69) is 19.9 Å². The van der Waals surface area contributed by atoms with E-state index in [1.807, 2.05) is 43.3 Å². The number of H-pyrrole nitrogens is 2. The van der Waals surface area contributed by atoms with E-state index in [1.54, 1.807) is 13.2 Å². The number of rotatable bonds is 4. The molecule has 0 aliphatic heterocycles. The van der Waals surface area contributed by atoms with E-state index < -0.39 is 0 Å². The number of para-hydroxylation sites is 1. The maximum atomic E-state index is 12.2. The smallest absolute Gasteiger partial charge is 0.258 e. The first-order valence-electron chi connectivity index (χ1n) is 7.83. The van der Waals surface area contributed by atoms with Crippen molar-refractivity contribution < 1.29 is 4.74 Å². The van der Waals surface area contributed by atoms with Crippen molar-refractivity contribution in [1.82, 2.24) is 19.9 Å². The number of methoxy groups -OCH3 is 1. The van der Waals surface area contributed by atoms with Crippen molar-refractivity contribution >= 4 is 33.7 Å². The number of thioether (sulfide) groups is 1. The topological polar surface area (TPSA) is 83.7 Å². The van der Waals surface area contributed by atoms with E-state index in [1.165, 1.54) is 11.8 Å². The average Bonchev–Trinajstić information content (AvgIpc) is 3.02. The lowest BCUT2D eigenvalue weighted by atomic mass is 10.2. The summed E-state index contributed by atoms with van der Waals surface area (Å²) in [6.45, 7) is 1.99. The van der Waals surface area contributed by atoms with Crippen molar-refractivity contribution in [3.63, 3.8) is 0 Å². The highest BCUT2D eigenvalue weighted by molar-refractivity contribution is 7.99. The highest BCUT2D eigenvalue weighted by Gasteiger charge is 2.15. The Labute approximate surface area is 147 Å². The number of nitrogens with one attached hydrogen (secondary N) is 2.